The van der Waals surface area contributed by atoms with Gasteiger partial charge >= 0.3 is 5.97 Å². The van der Waals surface area contributed by atoms with E-state index in [4.69, 9.17) is 14.5 Å². The van der Waals surface area contributed by atoms with Crippen molar-refractivity contribution in [2.24, 2.45) is 0 Å². The lowest BCUT2D eigenvalue weighted by Crippen LogP contribution is -2.40. The van der Waals surface area contributed by atoms with Gasteiger partial charge in [0.15, 0.2) is 0 Å². The average Bonchev–Trinajstić information content (AvgIpc) is 3.34. The molecule has 3 aliphatic rings. The molecule has 230 valence electrons. The highest BCUT2D eigenvalue weighted by Gasteiger charge is 2.31. The van der Waals surface area contributed by atoms with Crippen molar-refractivity contribution in [1.82, 2.24) is 14.8 Å². The van der Waals surface area contributed by atoms with Crippen LogP contribution in [0.25, 0.3) is 0 Å². The number of pyridine rings is 1. The number of amides is 1. The molecule has 10 nitrogen and oxygen atoms in total. The molecule has 0 unspecified atom stereocenters. The van der Waals surface area contributed by atoms with Crippen molar-refractivity contribution in [3.63, 3.8) is 0 Å². The second-order valence-corrected chi connectivity index (χ2v) is 11.6. The van der Waals surface area contributed by atoms with Crippen molar-refractivity contribution < 1.29 is 28.6 Å². The van der Waals surface area contributed by atoms with Gasteiger partial charge in [0.25, 0.3) is 5.91 Å². The van der Waals surface area contributed by atoms with E-state index in [1.807, 2.05) is 18.2 Å². The van der Waals surface area contributed by atoms with E-state index in [-0.39, 0.29) is 30.1 Å². The number of nitrogens with zero attached hydrogens (tertiary/aromatic N) is 4. The van der Waals surface area contributed by atoms with Crippen LogP contribution in [0.2, 0.25) is 0 Å². The number of carboxylic acid groups (broad SMARTS) is 1. The SMILES string of the molecule is CN(C)C(=O)c1ccc(COc2cccc(C3CCN(C=C4Nc5ccc(C(=O)O)cc5N4C[C@@H]4CCO4)CC3)n2)c(F)c1. The first kappa shape index (κ1) is 29.4. The number of carbonyl (C=O) groups is 2. The number of aromatic nitrogens is 1. The number of benzene rings is 2. The highest BCUT2D eigenvalue weighted by atomic mass is 19.1. The molecule has 1 atom stereocenters. The van der Waals surface area contributed by atoms with Gasteiger partial charge in [0.1, 0.15) is 18.2 Å². The molecule has 1 amide bonds. The number of aromatic carboxylic acids is 1. The summed E-state index contributed by atoms with van der Waals surface area (Å²) >= 11 is 0. The van der Waals surface area contributed by atoms with Crippen molar-refractivity contribution in [2.75, 3.05) is 50.6 Å². The van der Waals surface area contributed by atoms with E-state index in [1.54, 1.807) is 44.4 Å². The lowest BCUT2D eigenvalue weighted by atomic mass is 9.93. The smallest absolute Gasteiger partial charge is 0.335 e. The number of piperidine rings is 1. The summed E-state index contributed by atoms with van der Waals surface area (Å²) in [6.45, 7) is 3.08. The Kier molecular flexibility index (Phi) is 8.38. The van der Waals surface area contributed by atoms with Gasteiger partial charge in [-0.1, -0.05) is 12.1 Å². The zero-order chi connectivity index (χ0) is 30.8. The van der Waals surface area contributed by atoms with Crippen LogP contribution in [0, 0.1) is 5.82 Å². The molecular weight excluding hydrogens is 565 g/mol. The topological polar surface area (TPSA) is 107 Å². The zero-order valence-electron chi connectivity index (χ0n) is 24.8. The fraction of sp³-hybridized carbons (Fsp3) is 0.364. The van der Waals surface area contributed by atoms with E-state index in [2.05, 4.69) is 21.3 Å². The maximum absolute atomic E-state index is 14.6. The van der Waals surface area contributed by atoms with Crippen LogP contribution in [0.4, 0.5) is 15.8 Å². The van der Waals surface area contributed by atoms with Gasteiger partial charge in [-0.25, -0.2) is 14.2 Å². The maximum Gasteiger partial charge on any atom is 0.335 e. The summed E-state index contributed by atoms with van der Waals surface area (Å²) in [5, 5.41) is 13.0. The van der Waals surface area contributed by atoms with Crippen LogP contribution in [-0.2, 0) is 11.3 Å². The number of likely N-dealkylation sites (tertiary alicyclic amines) is 1. The van der Waals surface area contributed by atoms with Crippen LogP contribution < -0.4 is 15.0 Å². The first-order chi connectivity index (χ1) is 21.2. The predicted molar refractivity (Wildman–Crippen MR) is 163 cm³/mol. The van der Waals surface area contributed by atoms with Gasteiger partial charge in [-0.05, 0) is 55.7 Å². The first-order valence-corrected chi connectivity index (χ1v) is 14.8. The van der Waals surface area contributed by atoms with Crippen molar-refractivity contribution in [1.29, 1.82) is 0 Å². The van der Waals surface area contributed by atoms with Crippen LogP contribution in [0.5, 0.6) is 5.88 Å². The molecule has 0 saturated carbocycles. The Labute approximate surface area is 255 Å². The van der Waals surface area contributed by atoms with Crippen LogP contribution in [-0.4, -0.2) is 78.2 Å². The number of ether oxygens (including phenoxy) is 2. The van der Waals surface area contributed by atoms with Crippen LogP contribution in [0.1, 0.15) is 57.2 Å². The van der Waals surface area contributed by atoms with Crippen LogP contribution in [0.15, 0.2) is 66.6 Å². The zero-order valence-corrected chi connectivity index (χ0v) is 24.8. The number of halogens is 1. The molecule has 6 rings (SSSR count). The monoisotopic (exact) mass is 601 g/mol. The molecule has 44 heavy (non-hydrogen) atoms. The standard InChI is InChI=1S/C33H36FN5O5/c1-37(2)32(40)22-6-7-24(26(34)16-22)20-44-31-5-3-4-27(36-31)21-10-13-38(14-11-21)19-30-35-28-9-8-23(33(41)42)17-29(28)39(30)18-25-12-15-43-25/h3-9,16-17,19,21,25,35H,10-15,18,20H2,1-2H3,(H,41,42)/t25-/m0/s1. The Balaban J connectivity index is 1.08. The summed E-state index contributed by atoms with van der Waals surface area (Å²) in [7, 11) is 3.26. The molecule has 2 aromatic carbocycles. The molecule has 3 aromatic rings. The van der Waals surface area contributed by atoms with Crippen LogP contribution in [0.3, 0.4) is 0 Å². The molecule has 4 heterocycles. The number of fused-ring (bicyclic) bond motifs is 1. The number of hydrogen-bond donors (Lipinski definition) is 2. The van der Waals surface area contributed by atoms with Crippen LogP contribution >= 0.6 is 0 Å². The molecule has 0 spiro atoms. The number of carbonyl (C=O) groups excluding carboxylic acids is 1. The number of carboxylic acids is 1. The molecule has 0 radical (unpaired) electrons. The van der Waals surface area contributed by atoms with E-state index < -0.39 is 11.8 Å². The summed E-state index contributed by atoms with van der Waals surface area (Å²) in [5.41, 5.74) is 3.58. The minimum atomic E-state index is -0.950. The minimum absolute atomic E-state index is 0.0104. The van der Waals surface area contributed by atoms with E-state index >= 15 is 0 Å². The Bertz CT molecular complexity index is 1580. The van der Waals surface area contributed by atoms with Gasteiger partial charge in [0, 0.05) is 68.8 Å². The molecule has 1 aromatic heterocycles. The third-order valence-electron chi connectivity index (χ3n) is 8.35. The second-order valence-electron chi connectivity index (χ2n) is 11.6. The number of nitrogens with one attached hydrogen (secondary N) is 1. The van der Waals surface area contributed by atoms with Crippen molar-refractivity contribution in [2.45, 2.75) is 37.9 Å². The fourth-order valence-corrected chi connectivity index (χ4v) is 5.70. The fourth-order valence-electron chi connectivity index (χ4n) is 5.70. The van der Waals surface area contributed by atoms with Crippen molar-refractivity contribution in [3.05, 3.63) is 94.8 Å². The van der Waals surface area contributed by atoms with E-state index in [9.17, 15) is 19.1 Å². The molecule has 0 aliphatic carbocycles. The van der Waals surface area contributed by atoms with Gasteiger partial charge in [-0.2, -0.15) is 0 Å². The number of rotatable bonds is 9. The number of hydrogen-bond acceptors (Lipinski definition) is 8. The Hall–Kier alpha value is -4.64. The normalized spacial score (nSPS) is 18.9. The van der Waals surface area contributed by atoms with E-state index in [1.165, 1.54) is 11.0 Å². The van der Waals surface area contributed by atoms with Gasteiger partial charge in [0.2, 0.25) is 5.88 Å². The lowest BCUT2D eigenvalue weighted by molar-refractivity contribution is -0.0437. The molecule has 2 N–H and O–H groups in total. The Morgan fingerprint density at radius 3 is 2.57 bits per heavy atom. The third kappa shape index (κ3) is 6.33. The minimum Gasteiger partial charge on any atom is -0.478 e. The quantitative estimate of drug-likeness (QED) is 0.354. The molecule has 3 aliphatic heterocycles. The summed E-state index contributed by atoms with van der Waals surface area (Å²) < 4.78 is 26.2. The van der Waals surface area contributed by atoms with Gasteiger partial charge in [-0.3, -0.25) is 4.79 Å². The molecular formula is C33H36FN5O5. The Morgan fingerprint density at radius 2 is 1.89 bits per heavy atom. The lowest BCUT2D eigenvalue weighted by Gasteiger charge is -2.34. The summed E-state index contributed by atoms with van der Waals surface area (Å²) in [6, 6.07) is 15.2. The van der Waals surface area contributed by atoms with Crippen molar-refractivity contribution in [3.8, 4) is 5.88 Å². The van der Waals surface area contributed by atoms with Gasteiger partial charge < -0.3 is 34.6 Å². The summed E-state index contributed by atoms with van der Waals surface area (Å²) in [6.07, 6.45) is 5.02. The second kappa shape index (κ2) is 12.5. The molecule has 0 bridgehead atoms. The molecule has 2 saturated heterocycles. The van der Waals surface area contributed by atoms with E-state index in [0.29, 0.717) is 23.6 Å². The van der Waals surface area contributed by atoms with E-state index in [0.717, 1.165) is 61.8 Å². The average molecular weight is 602 g/mol. The van der Waals surface area contributed by atoms with Gasteiger partial charge in [0.05, 0.1) is 29.6 Å². The largest absolute Gasteiger partial charge is 0.478 e. The molecule has 11 heteroatoms. The highest BCUT2D eigenvalue weighted by Crippen LogP contribution is 2.39. The predicted octanol–water partition coefficient (Wildman–Crippen LogP) is 4.90. The third-order valence-corrected chi connectivity index (χ3v) is 8.35. The number of anilines is 2. The Morgan fingerprint density at radius 1 is 1.11 bits per heavy atom. The first-order valence-electron chi connectivity index (χ1n) is 14.8. The summed E-state index contributed by atoms with van der Waals surface area (Å²) in [5.74, 6) is -0.0931. The highest BCUT2D eigenvalue weighted by molar-refractivity contribution is 5.94. The maximum atomic E-state index is 14.6. The summed E-state index contributed by atoms with van der Waals surface area (Å²) in [4.78, 5) is 34.3. The van der Waals surface area contributed by atoms with Crippen molar-refractivity contribution >= 4 is 23.3 Å². The molecule has 2 fully saturated rings. The van der Waals surface area contributed by atoms with Gasteiger partial charge in [-0.15, -0.1) is 0 Å².